The predicted octanol–water partition coefficient (Wildman–Crippen LogP) is 0.967. The van der Waals surface area contributed by atoms with Crippen molar-refractivity contribution in [1.82, 2.24) is 4.90 Å². The molecule has 17 heavy (non-hydrogen) atoms. The van der Waals surface area contributed by atoms with Gasteiger partial charge >= 0.3 is 0 Å². The van der Waals surface area contributed by atoms with Crippen LogP contribution in [-0.2, 0) is 4.79 Å². The fourth-order valence-electron chi connectivity index (χ4n) is 2.05. The van der Waals surface area contributed by atoms with Crippen molar-refractivity contribution in [2.24, 2.45) is 5.73 Å². The van der Waals surface area contributed by atoms with Gasteiger partial charge in [0.2, 0.25) is 5.91 Å². The highest BCUT2D eigenvalue weighted by Gasteiger charge is 2.20. The Morgan fingerprint density at radius 3 is 2.76 bits per heavy atom. The Labute approximate surface area is 102 Å². The lowest BCUT2D eigenvalue weighted by molar-refractivity contribution is -0.117. The number of hydrogen-bond donors (Lipinski definition) is 2. The quantitative estimate of drug-likeness (QED) is 0.817. The minimum Gasteiger partial charge on any atom is -0.326 e. The van der Waals surface area contributed by atoms with Crippen LogP contribution in [0.4, 0.5) is 5.69 Å². The first-order valence-corrected chi connectivity index (χ1v) is 5.98. The van der Waals surface area contributed by atoms with Gasteiger partial charge < -0.3 is 11.1 Å². The third kappa shape index (κ3) is 3.54. The lowest BCUT2D eigenvalue weighted by atomic mass is 10.2. The minimum atomic E-state index is 0.0305. The van der Waals surface area contributed by atoms with Crippen molar-refractivity contribution in [3.05, 3.63) is 29.8 Å². The van der Waals surface area contributed by atoms with Gasteiger partial charge in [0.15, 0.2) is 0 Å². The molecular weight excluding hydrogens is 214 g/mol. The number of nitrogens with zero attached hydrogens (tertiary/aromatic N) is 1. The van der Waals surface area contributed by atoms with Crippen LogP contribution in [0, 0.1) is 6.92 Å². The first-order chi connectivity index (χ1) is 8.13. The van der Waals surface area contributed by atoms with E-state index in [2.05, 4.69) is 10.2 Å². The molecule has 0 aliphatic carbocycles. The van der Waals surface area contributed by atoms with Gasteiger partial charge in [0.1, 0.15) is 0 Å². The number of nitrogens with one attached hydrogen (secondary N) is 1. The Bertz CT molecular complexity index is 388. The number of benzene rings is 1. The second-order valence-corrected chi connectivity index (χ2v) is 4.70. The molecule has 1 amide bonds. The van der Waals surface area contributed by atoms with Crippen LogP contribution in [0.15, 0.2) is 24.3 Å². The molecule has 1 fully saturated rings. The van der Waals surface area contributed by atoms with Crippen LogP contribution in [-0.4, -0.2) is 36.5 Å². The fourth-order valence-corrected chi connectivity index (χ4v) is 2.05. The summed E-state index contributed by atoms with van der Waals surface area (Å²) in [4.78, 5) is 13.9. The van der Waals surface area contributed by atoms with Gasteiger partial charge in [0.25, 0.3) is 0 Å². The average molecular weight is 233 g/mol. The number of amides is 1. The zero-order valence-electron chi connectivity index (χ0n) is 10.1. The number of nitrogens with two attached hydrogens (primary N) is 1. The third-order valence-corrected chi connectivity index (χ3v) is 3.01. The molecule has 0 radical (unpaired) electrons. The highest BCUT2D eigenvalue weighted by atomic mass is 16.2. The highest BCUT2D eigenvalue weighted by Crippen LogP contribution is 2.10. The summed E-state index contributed by atoms with van der Waals surface area (Å²) < 4.78 is 0. The van der Waals surface area contributed by atoms with E-state index < -0.39 is 0 Å². The lowest BCUT2D eigenvalue weighted by Crippen LogP contribution is -2.33. The standard InChI is InChI=1S/C13H19N3O/c1-10-2-4-12(5-3-10)15-13(17)9-16-7-6-11(14)8-16/h2-5,11H,6-9,14H2,1H3,(H,15,17)/t11-/m0/s1. The molecule has 1 aromatic carbocycles. The maximum Gasteiger partial charge on any atom is 0.238 e. The summed E-state index contributed by atoms with van der Waals surface area (Å²) in [6.45, 7) is 4.20. The summed E-state index contributed by atoms with van der Waals surface area (Å²) >= 11 is 0. The summed E-state index contributed by atoms with van der Waals surface area (Å²) in [6, 6.07) is 8.04. The van der Waals surface area contributed by atoms with Crippen LogP contribution in [0.1, 0.15) is 12.0 Å². The van der Waals surface area contributed by atoms with Crippen LogP contribution >= 0.6 is 0 Å². The molecule has 1 saturated heterocycles. The third-order valence-electron chi connectivity index (χ3n) is 3.01. The number of carbonyl (C=O) groups excluding carboxylic acids is 1. The van der Waals surface area contributed by atoms with Gasteiger partial charge in [-0.3, -0.25) is 9.69 Å². The molecule has 4 heteroatoms. The number of hydrogen-bond acceptors (Lipinski definition) is 3. The second-order valence-electron chi connectivity index (χ2n) is 4.70. The van der Waals surface area contributed by atoms with Crippen molar-refractivity contribution in [1.29, 1.82) is 0 Å². The molecule has 0 spiro atoms. The number of rotatable bonds is 3. The molecule has 1 heterocycles. The first-order valence-electron chi connectivity index (χ1n) is 5.98. The minimum absolute atomic E-state index is 0.0305. The highest BCUT2D eigenvalue weighted by molar-refractivity contribution is 5.92. The van der Waals surface area contributed by atoms with Crippen molar-refractivity contribution in [3.63, 3.8) is 0 Å². The topological polar surface area (TPSA) is 58.4 Å². The smallest absolute Gasteiger partial charge is 0.238 e. The second kappa shape index (κ2) is 5.29. The van der Waals surface area contributed by atoms with Gasteiger partial charge in [-0.1, -0.05) is 17.7 Å². The van der Waals surface area contributed by atoms with Gasteiger partial charge in [0, 0.05) is 24.8 Å². The molecule has 0 bridgehead atoms. The van der Waals surface area contributed by atoms with Crippen molar-refractivity contribution >= 4 is 11.6 Å². The van der Waals surface area contributed by atoms with E-state index in [-0.39, 0.29) is 11.9 Å². The maximum absolute atomic E-state index is 11.8. The Hall–Kier alpha value is -1.39. The first kappa shape index (κ1) is 12.1. The molecule has 2 rings (SSSR count). The van der Waals surface area contributed by atoms with Crippen LogP contribution in [0.2, 0.25) is 0 Å². The predicted molar refractivity (Wildman–Crippen MR) is 68.8 cm³/mol. The van der Waals surface area contributed by atoms with Crippen molar-refractivity contribution in [3.8, 4) is 0 Å². The maximum atomic E-state index is 11.8. The zero-order chi connectivity index (χ0) is 12.3. The van der Waals surface area contributed by atoms with E-state index in [1.165, 1.54) is 5.56 Å². The summed E-state index contributed by atoms with van der Waals surface area (Å²) in [5.74, 6) is 0.0305. The molecular formula is C13H19N3O. The Morgan fingerprint density at radius 1 is 1.47 bits per heavy atom. The molecule has 0 aromatic heterocycles. The van der Waals surface area contributed by atoms with Gasteiger partial charge in [-0.2, -0.15) is 0 Å². The normalized spacial score (nSPS) is 20.5. The van der Waals surface area contributed by atoms with E-state index in [1.807, 2.05) is 31.2 Å². The molecule has 1 aliphatic rings. The van der Waals surface area contributed by atoms with E-state index in [1.54, 1.807) is 0 Å². The Morgan fingerprint density at radius 2 is 2.18 bits per heavy atom. The molecule has 0 unspecified atom stereocenters. The lowest BCUT2D eigenvalue weighted by Gasteiger charge is -2.14. The summed E-state index contributed by atoms with van der Waals surface area (Å²) in [5, 5.41) is 2.89. The summed E-state index contributed by atoms with van der Waals surface area (Å²) in [7, 11) is 0. The average Bonchev–Trinajstić information content (AvgIpc) is 2.67. The largest absolute Gasteiger partial charge is 0.326 e. The summed E-state index contributed by atoms with van der Waals surface area (Å²) in [6.07, 6.45) is 0.984. The molecule has 92 valence electrons. The van der Waals surface area contributed by atoms with E-state index in [0.717, 1.165) is 25.2 Å². The number of aryl methyl sites for hydroxylation is 1. The van der Waals surface area contributed by atoms with Crippen molar-refractivity contribution < 1.29 is 4.79 Å². The van der Waals surface area contributed by atoms with Crippen LogP contribution in [0.3, 0.4) is 0 Å². The van der Waals surface area contributed by atoms with E-state index in [0.29, 0.717) is 6.54 Å². The Balaban J connectivity index is 1.83. The van der Waals surface area contributed by atoms with Crippen molar-refractivity contribution in [2.45, 2.75) is 19.4 Å². The van der Waals surface area contributed by atoms with Crippen LogP contribution < -0.4 is 11.1 Å². The van der Waals surface area contributed by atoms with Crippen molar-refractivity contribution in [2.75, 3.05) is 25.0 Å². The zero-order valence-corrected chi connectivity index (χ0v) is 10.1. The molecule has 3 N–H and O–H groups in total. The molecule has 1 aromatic rings. The number of carbonyl (C=O) groups is 1. The van der Waals surface area contributed by atoms with Gasteiger partial charge in [-0.25, -0.2) is 0 Å². The van der Waals surface area contributed by atoms with Gasteiger partial charge in [0.05, 0.1) is 6.54 Å². The van der Waals surface area contributed by atoms with E-state index in [4.69, 9.17) is 5.73 Å². The van der Waals surface area contributed by atoms with Crippen LogP contribution in [0.25, 0.3) is 0 Å². The molecule has 0 saturated carbocycles. The molecule has 4 nitrogen and oxygen atoms in total. The molecule has 1 aliphatic heterocycles. The van der Waals surface area contributed by atoms with E-state index >= 15 is 0 Å². The Kier molecular flexibility index (Phi) is 3.76. The van der Waals surface area contributed by atoms with Gasteiger partial charge in [-0.15, -0.1) is 0 Å². The SMILES string of the molecule is Cc1ccc(NC(=O)CN2CC[C@H](N)C2)cc1. The summed E-state index contributed by atoms with van der Waals surface area (Å²) in [5.41, 5.74) is 7.84. The van der Waals surface area contributed by atoms with E-state index in [9.17, 15) is 4.79 Å². The number of likely N-dealkylation sites (tertiary alicyclic amines) is 1. The number of anilines is 1. The fraction of sp³-hybridized carbons (Fsp3) is 0.462. The van der Waals surface area contributed by atoms with Gasteiger partial charge in [-0.05, 0) is 25.5 Å². The molecule has 1 atom stereocenters. The monoisotopic (exact) mass is 233 g/mol. The van der Waals surface area contributed by atoms with Crippen LogP contribution in [0.5, 0.6) is 0 Å².